The first-order chi connectivity index (χ1) is 16.7. The second-order valence-electron chi connectivity index (χ2n) is 7.45. The normalized spacial score (nSPS) is 13.9. The molecule has 0 unspecified atom stereocenters. The third-order valence-corrected chi connectivity index (χ3v) is 5.59. The summed E-state index contributed by atoms with van der Waals surface area (Å²) < 4.78 is 12.3. The molecule has 1 fully saturated rings. The Balaban J connectivity index is 1.33. The molecule has 5 rings (SSSR count). The van der Waals surface area contributed by atoms with Crippen molar-refractivity contribution in [2.45, 2.75) is 0 Å². The molecular formula is C24H22BrN7O2. The van der Waals surface area contributed by atoms with E-state index in [2.05, 4.69) is 51.6 Å². The maximum absolute atomic E-state index is 5.88. The zero-order chi connectivity index (χ0) is 23.2. The standard InChI is InChI=1S/C24H22BrN7O2/c25-18-8-6-17(7-9-18)21-11-10-20(34-21)16-26-31-23-28-22(27-19-4-2-1-3-5-19)29-24(30-23)32-12-14-33-15-13-32/h1-11,16H,12-15H2,(H2,27,28,29,30,31)/b26-16-. The first-order valence-electron chi connectivity index (χ1n) is 10.8. The molecule has 0 saturated carbocycles. The molecule has 0 aliphatic carbocycles. The zero-order valence-electron chi connectivity index (χ0n) is 18.2. The predicted molar refractivity (Wildman–Crippen MR) is 136 cm³/mol. The van der Waals surface area contributed by atoms with Gasteiger partial charge in [0.2, 0.25) is 17.8 Å². The molecule has 0 amide bonds. The van der Waals surface area contributed by atoms with Crippen LogP contribution in [0.2, 0.25) is 0 Å². The lowest BCUT2D eigenvalue weighted by Crippen LogP contribution is -2.37. The van der Waals surface area contributed by atoms with Gasteiger partial charge in [-0.1, -0.05) is 46.3 Å². The molecule has 9 nitrogen and oxygen atoms in total. The van der Waals surface area contributed by atoms with E-state index in [9.17, 15) is 0 Å². The van der Waals surface area contributed by atoms with Crippen LogP contribution >= 0.6 is 15.9 Å². The number of hydrazone groups is 1. The number of nitrogens with zero attached hydrogens (tertiary/aromatic N) is 5. The largest absolute Gasteiger partial charge is 0.455 e. The molecule has 4 aromatic rings. The first kappa shape index (κ1) is 22.1. The van der Waals surface area contributed by atoms with Crippen molar-refractivity contribution in [3.63, 3.8) is 0 Å². The highest BCUT2D eigenvalue weighted by Gasteiger charge is 2.16. The molecule has 2 aromatic carbocycles. The van der Waals surface area contributed by atoms with Crippen molar-refractivity contribution in [2.24, 2.45) is 5.10 Å². The van der Waals surface area contributed by atoms with Gasteiger partial charge < -0.3 is 19.4 Å². The Morgan fingerprint density at radius 1 is 0.882 bits per heavy atom. The number of anilines is 4. The van der Waals surface area contributed by atoms with Crippen LogP contribution in [-0.2, 0) is 4.74 Å². The molecule has 10 heteroatoms. The predicted octanol–water partition coefficient (Wildman–Crippen LogP) is 4.92. The molecule has 0 bridgehead atoms. The van der Waals surface area contributed by atoms with Crippen LogP contribution < -0.4 is 15.6 Å². The monoisotopic (exact) mass is 519 g/mol. The van der Waals surface area contributed by atoms with Gasteiger partial charge in [0, 0.05) is 28.8 Å². The lowest BCUT2D eigenvalue weighted by Gasteiger charge is -2.27. The lowest BCUT2D eigenvalue weighted by atomic mass is 10.2. The highest BCUT2D eigenvalue weighted by molar-refractivity contribution is 9.10. The number of nitrogens with one attached hydrogen (secondary N) is 2. The van der Waals surface area contributed by atoms with E-state index in [1.165, 1.54) is 0 Å². The number of benzene rings is 2. The number of hydrogen-bond acceptors (Lipinski definition) is 9. The Bertz CT molecular complexity index is 1260. The lowest BCUT2D eigenvalue weighted by molar-refractivity contribution is 0.122. The van der Waals surface area contributed by atoms with Crippen molar-refractivity contribution < 1.29 is 9.15 Å². The van der Waals surface area contributed by atoms with Crippen LogP contribution in [0.1, 0.15) is 5.76 Å². The summed E-state index contributed by atoms with van der Waals surface area (Å²) in [5, 5.41) is 7.49. The second-order valence-corrected chi connectivity index (χ2v) is 8.37. The van der Waals surface area contributed by atoms with Crippen LogP contribution in [0.4, 0.5) is 23.5 Å². The summed E-state index contributed by atoms with van der Waals surface area (Å²) in [4.78, 5) is 15.7. The fourth-order valence-electron chi connectivity index (χ4n) is 3.37. The number of halogens is 1. The summed E-state index contributed by atoms with van der Waals surface area (Å²) in [6.45, 7) is 2.69. The molecule has 34 heavy (non-hydrogen) atoms. The van der Waals surface area contributed by atoms with Gasteiger partial charge in [-0.3, -0.25) is 0 Å². The third-order valence-electron chi connectivity index (χ3n) is 5.06. The van der Waals surface area contributed by atoms with Gasteiger partial charge in [0.15, 0.2) is 0 Å². The number of morpholine rings is 1. The van der Waals surface area contributed by atoms with Gasteiger partial charge in [-0.25, -0.2) is 5.43 Å². The fraction of sp³-hybridized carbons (Fsp3) is 0.167. The number of para-hydroxylation sites is 1. The zero-order valence-corrected chi connectivity index (χ0v) is 19.8. The maximum Gasteiger partial charge on any atom is 0.250 e. The first-order valence-corrected chi connectivity index (χ1v) is 11.6. The highest BCUT2D eigenvalue weighted by Crippen LogP contribution is 2.23. The van der Waals surface area contributed by atoms with Crippen LogP contribution in [0.5, 0.6) is 0 Å². The fourth-order valence-corrected chi connectivity index (χ4v) is 3.64. The third kappa shape index (κ3) is 5.59. The van der Waals surface area contributed by atoms with Gasteiger partial charge in [-0.05, 0) is 36.4 Å². The van der Waals surface area contributed by atoms with Gasteiger partial charge in [0.05, 0.1) is 19.4 Å². The van der Waals surface area contributed by atoms with Gasteiger partial charge in [0.25, 0.3) is 0 Å². The van der Waals surface area contributed by atoms with Crippen molar-refractivity contribution >= 4 is 45.7 Å². The summed E-state index contributed by atoms with van der Waals surface area (Å²) in [6.07, 6.45) is 1.59. The molecule has 3 heterocycles. The number of aromatic nitrogens is 3. The Hall–Kier alpha value is -3.76. The van der Waals surface area contributed by atoms with Gasteiger partial charge >= 0.3 is 0 Å². The van der Waals surface area contributed by atoms with Gasteiger partial charge in [-0.15, -0.1) is 0 Å². The SMILES string of the molecule is Brc1ccc(-c2ccc(/C=N\Nc3nc(Nc4ccccc4)nc(N4CCOCC4)n3)o2)cc1. The molecule has 0 spiro atoms. The van der Waals surface area contributed by atoms with Crippen LogP contribution in [0.25, 0.3) is 11.3 Å². The van der Waals surface area contributed by atoms with Crippen LogP contribution in [0.15, 0.2) is 80.7 Å². The molecule has 2 aromatic heterocycles. The number of rotatable bonds is 7. The van der Waals surface area contributed by atoms with E-state index in [4.69, 9.17) is 9.15 Å². The van der Waals surface area contributed by atoms with Gasteiger partial charge in [0.1, 0.15) is 11.5 Å². The quantitative estimate of drug-likeness (QED) is 0.262. The van der Waals surface area contributed by atoms with E-state index < -0.39 is 0 Å². The Labute approximate surface area is 205 Å². The molecular weight excluding hydrogens is 498 g/mol. The van der Waals surface area contributed by atoms with E-state index in [0.29, 0.717) is 49.9 Å². The van der Waals surface area contributed by atoms with E-state index in [1.54, 1.807) is 6.21 Å². The average Bonchev–Trinajstić information content (AvgIpc) is 3.34. The van der Waals surface area contributed by atoms with Crippen molar-refractivity contribution in [1.82, 2.24) is 15.0 Å². The minimum Gasteiger partial charge on any atom is -0.455 e. The minimum absolute atomic E-state index is 0.325. The summed E-state index contributed by atoms with van der Waals surface area (Å²) in [6, 6.07) is 21.4. The average molecular weight is 520 g/mol. The van der Waals surface area contributed by atoms with E-state index in [-0.39, 0.29) is 0 Å². The number of furan rings is 1. The topological polar surface area (TPSA) is 101 Å². The summed E-state index contributed by atoms with van der Waals surface area (Å²) in [5.41, 5.74) is 4.77. The van der Waals surface area contributed by atoms with Crippen molar-refractivity contribution in [2.75, 3.05) is 41.9 Å². The van der Waals surface area contributed by atoms with E-state index in [1.807, 2.05) is 66.7 Å². The number of ether oxygens (including phenoxy) is 1. The van der Waals surface area contributed by atoms with Crippen LogP contribution in [-0.4, -0.2) is 47.5 Å². The second kappa shape index (κ2) is 10.4. The Morgan fingerprint density at radius 3 is 2.44 bits per heavy atom. The smallest absolute Gasteiger partial charge is 0.250 e. The Kier molecular flexibility index (Phi) is 6.78. The molecule has 1 saturated heterocycles. The van der Waals surface area contributed by atoms with Crippen molar-refractivity contribution in [3.05, 3.63) is 77.0 Å². The van der Waals surface area contributed by atoms with E-state index >= 15 is 0 Å². The number of hydrogen-bond donors (Lipinski definition) is 2. The van der Waals surface area contributed by atoms with Gasteiger partial charge in [-0.2, -0.15) is 20.1 Å². The van der Waals surface area contributed by atoms with Crippen molar-refractivity contribution in [3.8, 4) is 11.3 Å². The van der Waals surface area contributed by atoms with Crippen molar-refractivity contribution in [1.29, 1.82) is 0 Å². The molecule has 1 aliphatic heterocycles. The molecule has 172 valence electrons. The molecule has 2 N–H and O–H groups in total. The van der Waals surface area contributed by atoms with E-state index in [0.717, 1.165) is 21.5 Å². The summed E-state index contributed by atoms with van der Waals surface area (Å²) >= 11 is 3.44. The Morgan fingerprint density at radius 2 is 1.65 bits per heavy atom. The highest BCUT2D eigenvalue weighted by atomic mass is 79.9. The summed E-state index contributed by atoms with van der Waals surface area (Å²) in [7, 11) is 0. The molecule has 0 radical (unpaired) electrons. The minimum atomic E-state index is 0.325. The molecule has 0 atom stereocenters. The summed E-state index contributed by atoms with van der Waals surface area (Å²) in [5.74, 6) is 2.68. The van der Waals surface area contributed by atoms with Crippen LogP contribution in [0, 0.1) is 0 Å². The van der Waals surface area contributed by atoms with Crippen LogP contribution in [0.3, 0.4) is 0 Å². The molecule has 1 aliphatic rings. The maximum atomic E-state index is 5.88.